The topological polar surface area (TPSA) is 57.6 Å². The molecule has 0 atom stereocenters. The monoisotopic (exact) mass is 235 g/mol. The van der Waals surface area contributed by atoms with Gasteiger partial charge in [-0.25, -0.2) is 12.7 Å². The highest BCUT2D eigenvalue weighted by atomic mass is 32.2. The van der Waals surface area contributed by atoms with E-state index in [0.717, 1.165) is 12.8 Å². The fourth-order valence-electron chi connectivity index (χ4n) is 1.78. The summed E-state index contributed by atoms with van der Waals surface area (Å²) in [6.45, 7) is 3.03. The van der Waals surface area contributed by atoms with Crippen molar-refractivity contribution in [3.63, 3.8) is 0 Å². The van der Waals surface area contributed by atoms with Crippen LogP contribution in [0, 0.1) is 5.92 Å². The minimum Gasteiger partial charge on any atom is -0.396 e. The molecule has 90 valence electrons. The van der Waals surface area contributed by atoms with Crippen LogP contribution in [-0.2, 0) is 10.0 Å². The number of rotatable bonds is 7. The maximum absolute atomic E-state index is 11.8. The number of hydrogen-bond donors (Lipinski definition) is 1. The molecule has 0 aliphatic heterocycles. The van der Waals surface area contributed by atoms with E-state index >= 15 is 0 Å². The molecule has 0 amide bonds. The molecule has 1 aliphatic carbocycles. The fourth-order valence-corrected chi connectivity index (χ4v) is 3.36. The zero-order valence-electron chi connectivity index (χ0n) is 9.35. The molecule has 0 bridgehead atoms. The lowest BCUT2D eigenvalue weighted by Crippen LogP contribution is -2.38. The fraction of sp³-hybridized carbons (Fsp3) is 1.00. The van der Waals surface area contributed by atoms with Gasteiger partial charge in [0.2, 0.25) is 10.0 Å². The lowest BCUT2D eigenvalue weighted by molar-refractivity contribution is 0.248. The number of nitrogens with zero attached hydrogens (tertiary/aromatic N) is 1. The predicted octanol–water partition coefficient (Wildman–Crippen LogP) is 0.821. The van der Waals surface area contributed by atoms with E-state index in [1.54, 1.807) is 4.31 Å². The average molecular weight is 235 g/mol. The van der Waals surface area contributed by atoms with Crippen molar-refractivity contribution in [1.82, 2.24) is 4.31 Å². The number of aliphatic hydroxyl groups is 1. The summed E-state index contributed by atoms with van der Waals surface area (Å²) in [6.07, 6.45) is 3.89. The van der Waals surface area contributed by atoms with Gasteiger partial charge in [0.1, 0.15) is 0 Å². The molecular formula is C10H21NO3S. The number of sulfonamides is 1. The first-order valence-corrected chi connectivity index (χ1v) is 7.29. The molecule has 0 aromatic rings. The molecule has 0 saturated heterocycles. The Balaban J connectivity index is 2.47. The molecule has 0 radical (unpaired) electrons. The molecule has 1 saturated carbocycles. The van der Waals surface area contributed by atoms with Gasteiger partial charge in [-0.15, -0.1) is 0 Å². The lowest BCUT2D eigenvalue weighted by atomic mass is 9.85. The first-order chi connectivity index (χ1) is 7.10. The van der Waals surface area contributed by atoms with Crippen LogP contribution < -0.4 is 0 Å². The molecule has 1 N–H and O–H groups in total. The molecule has 15 heavy (non-hydrogen) atoms. The van der Waals surface area contributed by atoms with Gasteiger partial charge in [-0.2, -0.15) is 0 Å². The van der Waals surface area contributed by atoms with Gasteiger partial charge in [0.15, 0.2) is 0 Å². The first kappa shape index (κ1) is 12.9. The summed E-state index contributed by atoms with van der Waals surface area (Å²) in [7, 11) is -3.13. The smallest absolute Gasteiger partial charge is 0.214 e. The molecule has 0 aromatic heterocycles. The van der Waals surface area contributed by atoms with Gasteiger partial charge in [0.25, 0.3) is 0 Å². The molecule has 0 heterocycles. The van der Waals surface area contributed by atoms with Crippen molar-refractivity contribution >= 4 is 10.0 Å². The molecular weight excluding hydrogens is 214 g/mol. The van der Waals surface area contributed by atoms with E-state index in [-0.39, 0.29) is 12.4 Å². The minimum absolute atomic E-state index is 0.0553. The highest BCUT2D eigenvalue weighted by molar-refractivity contribution is 7.89. The number of aliphatic hydroxyl groups excluding tert-OH is 1. The average Bonchev–Trinajstić information content (AvgIpc) is 2.13. The Hall–Kier alpha value is -0.130. The van der Waals surface area contributed by atoms with Crippen LogP contribution in [0.15, 0.2) is 0 Å². The Morgan fingerprint density at radius 2 is 2.07 bits per heavy atom. The van der Waals surface area contributed by atoms with Crippen LogP contribution in [0.25, 0.3) is 0 Å². The molecule has 5 heteroatoms. The maximum Gasteiger partial charge on any atom is 0.214 e. The van der Waals surface area contributed by atoms with Crippen molar-refractivity contribution in [2.24, 2.45) is 5.92 Å². The summed E-state index contributed by atoms with van der Waals surface area (Å²) in [6, 6.07) is 0. The van der Waals surface area contributed by atoms with E-state index in [4.69, 9.17) is 5.11 Å². The second kappa shape index (κ2) is 5.82. The van der Waals surface area contributed by atoms with Crippen LogP contribution >= 0.6 is 0 Å². The van der Waals surface area contributed by atoms with Gasteiger partial charge in [0, 0.05) is 19.7 Å². The number of hydrogen-bond acceptors (Lipinski definition) is 3. The van der Waals surface area contributed by atoms with Crippen molar-refractivity contribution in [2.75, 3.05) is 25.4 Å². The van der Waals surface area contributed by atoms with E-state index in [1.165, 1.54) is 6.42 Å². The van der Waals surface area contributed by atoms with Crippen molar-refractivity contribution in [3.8, 4) is 0 Å². The third-order valence-electron chi connectivity index (χ3n) is 2.99. The Kier molecular flexibility index (Phi) is 5.02. The Morgan fingerprint density at radius 1 is 1.40 bits per heavy atom. The summed E-state index contributed by atoms with van der Waals surface area (Å²) < 4.78 is 25.2. The highest BCUT2D eigenvalue weighted by Crippen LogP contribution is 2.27. The van der Waals surface area contributed by atoms with Crippen LogP contribution in [-0.4, -0.2) is 43.3 Å². The third-order valence-corrected chi connectivity index (χ3v) is 4.99. The maximum atomic E-state index is 11.8. The lowest BCUT2D eigenvalue weighted by Gasteiger charge is -2.31. The van der Waals surface area contributed by atoms with Crippen LogP contribution in [0.2, 0.25) is 0 Å². The van der Waals surface area contributed by atoms with Gasteiger partial charge < -0.3 is 5.11 Å². The highest BCUT2D eigenvalue weighted by Gasteiger charge is 2.26. The predicted molar refractivity (Wildman–Crippen MR) is 60.1 cm³/mol. The molecule has 1 fully saturated rings. The third kappa shape index (κ3) is 3.74. The van der Waals surface area contributed by atoms with Crippen LogP contribution in [0.4, 0.5) is 0 Å². The summed E-state index contributed by atoms with van der Waals surface area (Å²) in [5.41, 5.74) is 0. The van der Waals surface area contributed by atoms with Crippen LogP contribution in [0.3, 0.4) is 0 Å². The van der Waals surface area contributed by atoms with E-state index < -0.39 is 10.0 Å². The Morgan fingerprint density at radius 3 is 2.47 bits per heavy atom. The van der Waals surface area contributed by atoms with Gasteiger partial charge in [-0.3, -0.25) is 0 Å². The van der Waals surface area contributed by atoms with Gasteiger partial charge in [0.05, 0.1) is 5.75 Å². The zero-order valence-corrected chi connectivity index (χ0v) is 10.2. The van der Waals surface area contributed by atoms with Gasteiger partial charge in [-0.05, 0) is 25.2 Å². The summed E-state index contributed by atoms with van der Waals surface area (Å²) >= 11 is 0. The van der Waals surface area contributed by atoms with Crippen LogP contribution in [0.1, 0.15) is 32.6 Å². The Bertz CT molecular complexity index is 272. The summed E-state index contributed by atoms with van der Waals surface area (Å²) in [4.78, 5) is 0. The summed E-state index contributed by atoms with van der Waals surface area (Å²) in [5, 5.41) is 8.64. The van der Waals surface area contributed by atoms with E-state index in [1.807, 2.05) is 6.92 Å². The van der Waals surface area contributed by atoms with Gasteiger partial charge in [-0.1, -0.05) is 13.3 Å². The second-order valence-electron chi connectivity index (χ2n) is 4.14. The molecule has 0 spiro atoms. The molecule has 0 aromatic carbocycles. The van der Waals surface area contributed by atoms with Crippen molar-refractivity contribution in [1.29, 1.82) is 0 Å². The van der Waals surface area contributed by atoms with Crippen molar-refractivity contribution < 1.29 is 13.5 Å². The molecule has 1 aliphatic rings. The summed E-state index contributed by atoms with van der Waals surface area (Å²) in [5.74, 6) is 0.637. The van der Waals surface area contributed by atoms with Gasteiger partial charge >= 0.3 is 0 Å². The first-order valence-electron chi connectivity index (χ1n) is 5.69. The second-order valence-corrected chi connectivity index (χ2v) is 6.23. The molecule has 0 unspecified atom stereocenters. The minimum atomic E-state index is -3.13. The van der Waals surface area contributed by atoms with E-state index in [2.05, 4.69) is 0 Å². The molecule has 4 nitrogen and oxygen atoms in total. The van der Waals surface area contributed by atoms with E-state index in [0.29, 0.717) is 25.4 Å². The van der Waals surface area contributed by atoms with E-state index in [9.17, 15) is 8.42 Å². The quantitative estimate of drug-likeness (QED) is 0.711. The molecule has 1 rings (SSSR count). The Labute approximate surface area is 92.3 Å². The zero-order chi connectivity index (χ0) is 11.3. The standard InChI is InChI=1S/C10H21NO3S/c1-2-11(9-10-5-3-6-10)15(13,14)8-4-7-12/h10,12H,2-9H2,1H3. The normalized spacial score (nSPS) is 18.1. The largest absolute Gasteiger partial charge is 0.396 e. The van der Waals surface area contributed by atoms with Crippen molar-refractivity contribution in [2.45, 2.75) is 32.6 Å². The van der Waals surface area contributed by atoms with Crippen molar-refractivity contribution in [3.05, 3.63) is 0 Å². The van der Waals surface area contributed by atoms with Crippen LogP contribution in [0.5, 0.6) is 0 Å². The SMILES string of the molecule is CCN(CC1CCC1)S(=O)(=O)CCCO.